The molecule has 1 fully saturated rings. The minimum absolute atomic E-state index is 0.00876. The molecule has 33 heavy (non-hydrogen) atoms. The lowest BCUT2D eigenvalue weighted by atomic mass is 9.82. The number of carbonyl (C=O) groups is 3. The summed E-state index contributed by atoms with van der Waals surface area (Å²) in [5.74, 6) is 1.13. The molecule has 0 atom stereocenters. The molecule has 0 aromatic heterocycles. The lowest BCUT2D eigenvalue weighted by Crippen LogP contribution is -2.52. The van der Waals surface area contributed by atoms with Crippen molar-refractivity contribution in [3.8, 4) is 17.2 Å². The molecule has 8 heteroatoms. The van der Waals surface area contributed by atoms with Crippen LogP contribution in [0.1, 0.15) is 52.8 Å². The molecule has 0 N–H and O–H groups in total. The number of piperidine rings is 1. The van der Waals surface area contributed by atoms with Crippen molar-refractivity contribution in [1.29, 1.82) is 0 Å². The monoisotopic (exact) mass is 471 g/mol. The van der Waals surface area contributed by atoms with Gasteiger partial charge in [-0.1, -0.05) is 11.6 Å². The first kappa shape index (κ1) is 23.1. The van der Waals surface area contributed by atoms with Gasteiger partial charge in [-0.25, -0.2) is 0 Å². The van der Waals surface area contributed by atoms with Gasteiger partial charge in [0.2, 0.25) is 11.7 Å². The van der Waals surface area contributed by atoms with Crippen molar-refractivity contribution in [2.75, 3.05) is 27.3 Å². The number of rotatable bonds is 6. The summed E-state index contributed by atoms with van der Waals surface area (Å²) in [6, 6.07) is 10.0. The Morgan fingerprint density at radius 2 is 1.73 bits per heavy atom. The van der Waals surface area contributed by atoms with Gasteiger partial charge in [-0.15, -0.1) is 0 Å². The van der Waals surface area contributed by atoms with Crippen LogP contribution in [0.2, 0.25) is 5.02 Å². The maximum atomic E-state index is 12.9. The van der Waals surface area contributed by atoms with Crippen LogP contribution in [-0.4, -0.2) is 55.3 Å². The summed E-state index contributed by atoms with van der Waals surface area (Å²) >= 11 is 5.86. The van der Waals surface area contributed by atoms with E-state index in [4.69, 9.17) is 25.8 Å². The van der Waals surface area contributed by atoms with Crippen LogP contribution in [0.15, 0.2) is 36.4 Å². The van der Waals surface area contributed by atoms with Gasteiger partial charge in [0, 0.05) is 49.4 Å². The van der Waals surface area contributed by atoms with Gasteiger partial charge in [-0.05, 0) is 36.4 Å². The van der Waals surface area contributed by atoms with E-state index < -0.39 is 5.60 Å². The van der Waals surface area contributed by atoms with Crippen LogP contribution in [0.5, 0.6) is 17.2 Å². The molecule has 0 unspecified atom stereocenters. The predicted octanol–water partition coefficient (Wildman–Crippen LogP) is 4.35. The average molecular weight is 472 g/mol. The van der Waals surface area contributed by atoms with E-state index in [0.717, 1.165) is 0 Å². The summed E-state index contributed by atoms with van der Waals surface area (Å²) in [5.41, 5.74) is 0.346. The Morgan fingerprint density at radius 1 is 1.03 bits per heavy atom. The zero-order chi connectivity index (χ0) is 23.6. The second kappa shape index (κ2) is 9.43. The number of halogens is 1. The Morgan fingerprint density at radius 3 is 2.36 bits per heavy atom. The average Bonchev–Trinajstić information content (AvgIpc) is 2.82. The molecular formula is C25H26ClNO6. The molecule has 0 aliphatic carbocycles. The van der Waals surface area contributed by atoms with Crippen molar-refractivity contribution in [2.24, 2.45) is 0 Å². The molecule has 2 heterocycles. The van der Waals surface area contributed by atoms with Crippen LogP contribution >= 0.6 is 11.6 Å². The molecule has 2 aliphatic rings. The fourth-order valence-corrected chi connectivity index (χ4v) is 4.59. The minimum atomic E-state index is -0.681. The van der Waals surface area contributed by atoms with E-state index in [1.165, 1.54) is 14.2 Å². The summed E-state index contributed by atoms with van der Waals surface area (Å²) < 4.78 is 17.2. The highest BCUT2D eigenvalue weighted by molar-refractivity contribution is 6.30. The van der Waals surface area contributed by atoms with Gasteiger partial charge in [0.05, 0.1) is 26.2 Å². The second-order valence-corrected chi connectivity index (χ2v) is 8.81. The molecule has 4 rings (SSSR count). The summed E-state index contributed by atoms with van der Waals surface area (Å²) in [7, 11) is 3.05. The molecule has 1 spiro atoms. The molecule has 2 aromatic carbocycles. The number of benzene rings is 2. The third-order valence-electron chi connectivity index (χ3n) is 6.36. The Bertz CT molecular complexity index is 1070. The first-order chi connectivity index (χ1) is 15.9. The van der Waals surface area contributed by atoms with Crippen molar-refractivity contribution < 1.29 is 28.6 Å². The van der Waals surface area contributed by atoms with Gasteiger partial charge < -0.3 is 19.1 Å². The Hall–Kier alpha value is -3.06. The number of fused-ring (bicyclic) bond motifs is 1. The lowest BCUT2D eigenvalue weighted by molar-refractivity contribution is -0.134. The van der Waals surface area contributed by atoms with E-state index in [-0.39, 0.29) is 36.7 Å². The van der Waals surface area contributed by atoms with E-state index in [0.29, 0.717) is 59.3 Å². The van der Waals surface area contributed by atoms with Crippen molar-refractivity contribution >= 4 is 29.1 Å². The number of amides is 1. The maximum Gasteiger partial charge on any atom is 0.223 e. The van der Waals surface area contributed by atoms with Gasteiger partial charge in [0.1, 0.15) is 5.60 Å². The van der Waals surface area contributed by atoms with Crippen molar-refractivity contribution in [1.82, 2.24) is 4.90 Å². The predicted molar refractivity (Wildman–Crippen MR) is 123 cm³/mol. The molecule has 0 saturated carbocycles. The summed E-state index contributed by atoms with van der Waals surface area (Å²) in [5, 5.41) is 0.562. The molecule has 174 valence electrons. The number of ketones is 2. The maximum absolute atomic E-state index is 12.9. The molecule has 7 nitrogen and oxygen atoms in total. The fourth-order valence-electron chi connectivity index (χ4n) is 4.46. The SMILES string of the molecule is COc1ccc2c(c1OC)OC1(CCN(C(=O)CCC(=O)c3ccc(Cl)cc3)CC1)CC2=O. The van der Waals surface area contributed by atoms with Crippen LogP contribution in [0, 0.1) is 0 Å². The highest BCUT2D eigenvalue weighted by Gasteiger charge is 2.45. The number of carbonyl (C=O) groups excluding carboxylic acids is 3. The number of hydrogen-bond donors (Lipinski definition) is 0. The van der Waals surface area contributed by atoms with Gasteiger partial charge >= 0.3 is 0 Å². The van der Waals surface area contributed by atoms with Crippen LogP contribution in [-0.2, 0) is 4.79 Å². The third kappa shape index (κ3) is 4.69. The lowest BCUT2D eigenvalue weighted by Gasteiger charge is -2.44. The highest BCUT2D eigenvalue weighted by Crippen LogP contribution is 2.47. The first-order valence-electron chi connectivity index (χ1n) is 10.9. The first-order valence-corrected chi connectivity index (χ1v) is 11.3. The molecule has 2 aromatic rings. The van der Waals surface area contributed by atoms with Crippen LogP contribution in [0.3, 0.4) is 0 Å². The summed E-state index contributed by atoms with van der Waals surface area (Å²) in [6.45, 7) is 0.922. The van der Waals surface area contributed by atoms with Crippen molar-refractivity contribution in [3.05, 3.63) is 52.5 Å². The Kier molecular flexibility index (Phi) is 6.61. The smallest absolute Gasteiger partial charge is 0.223 e. The highest BCUT2D eigenvalue weighted by atomic mass is 35.5. The van der Waals surface area contributed by atoms with E-state index in [9.17, 15) is 14.4 Å². The van der Waals surface area contributed by atoms with Gasteiger partial charge in [-0.2, -0.15) is 0 Å². The summed E-state index contributed by atoms with van der Waals surface area (Å²) in [6.07, 6.45) is 1.58. The molecule has 0 bridgehead atoms. The number of likely N-dealkylation sites (tertiary alicyclic amines) is 1. The topological polar surface area (TPSA) is 82.1 Å². The fraction of sp³-hybridized carbons (Fsp3) is 0.400. The van der Waals surface area contributed by atoms with E-state index in [1.54, 1.807) is 41.3 Å². The van der Waals surface area contributed by atoms with Crippen LogP contribution in [0.4, 0.5) is 0 Å². The number of Topliss-reactive ketones (excluding diaryl/α,β-unsaturated/α-hetero) is 2. The molecule has 2 aliphatic heterocycles. The van der Waals surface area contributed by atoms with Gasteiger partial charge in [0.25, 0.3) is 0 Å². The van der Waals surface area contributed by atoms with Crippen LogP contribution in [0.25, 0.3) is 0 Å². The van der Waals surface area contributed by atoms with Gasteiger partial charge in [0.15, 0.2) is 23.1 Å². The van der Waals surface area contributed by atoms with Crippen molar-refractivity contribution in [3.63, 3.8) is 0 Å². The molecule has 0 radical (unpaired) electrons. The normalized spacial score (nSPS) is 16.7. The number of methoxy groups -OCH3 is 2. The van der Waals surface area contributed by atoms with E-state index in [2.05, 4.69) is 0 Å². The molecule has 1 saturated heterocycles. The van der Waals surface area contributed by atoms with Crippen LogP contribution < -0.4 is 14.2 Å². The second-order valence-electron chi connectivity index (χ2n) is 8.37. The standard InChI is InChI=1S/C25H26ClNO6/c1-31-21-9-7-18-20(29)15-25(33-23(18)24(21)32-2)11-13-27(14-12-25)22(30)10-8-19(28)16-3-5-17(26)6-4-16/h3-7,9H,8,10-15H2,1-2H3. The zero-order valence-corrected chi connectivity index (χ0v) is 19.4. The Balaban J connectivity index is 1.38. The molecular weight excluding hydrogens is 446 g/mol. The third-order valence-corrected chi connectivity index (χ3v) is 6.61. The number of nitrogens with zero attached hydrogens (tertiary/aromatic N) is 1. The van der Waals surface area contributed by atoms with Gasteiger partial charge in [-0.3, -0.25) is 14.4 Å². The van der Waals surface area contributed by atoms with E-state index >= 15 is 0 Å². The zero-order valence-electron chi connectivity index (χ0n) is 18.7. The quantitative estimate of drug-likeness (QED) is 0.583. The summed E-state index contributed by atoms with van der Waals surface area (Å²) in [4.78, 5) is 39.7. The largest absolute Gasteiger partial charge is 0.493 e. The molecule has 1 amide bonds. The number of hydrogen-bond acceptors (Lipinski definition) is 6. The van der Waals surface area contributed by atoms with E-state index in [1.807, 2.05) is 0 Å². The van der Waals surface area contributed by atoms with Crippen molar-refractivity contribution in [2.45, 2.75) is 37.7 Å². The number of ether oxygens (including phenoxy) is 3. The Labute approximate surface area is 197 Å². The minimum Gasteiger partial charge on any atom is -0.493 e.